The summed E-state index contributed by atoms with van der Waals surface area (Å²) in [4.78, 5) is 0.233. The van der Waals surface area contributed by atoms with Crippen molar-refractivity contribution in [3.63, 3.8) is 0 Å². The zero-order chi connectivity index (χ0) is 20.1. The first-order valence-electron chi connectivity index (χ1n) is 10.1. The van der Waals surface area contributed by atoms with Gasteiger partial charge in [0.1, 0.15) is 5.75 Å². The molecule has 1 saturated carbocycles. The molecule has 1 unspecified atom stereocenters. The Balaban J connectivity index is 1.55. The number of hydrogen-bond donors (Lipinski definition) is 0. The molecule has 0 amide bonds. The van der Waals surface area contributed by atoms with Gasteiger partial charge in [-0.3, -0.25) is 4.18 Å². The van der Waals surface area contributed by atoms with Gasteiger partial charge in [-0.05, 0) is 81.7 Å². The van der Waals surface area contributed by atoms with Crippen molar-refractivity contribution < 1.29 is 17.3 Å². The summed E-state index contributed by atoms with van der Waals surface area (Å²) in [5.74, 6) is 1.35. The molecular formula is C23H30O4S. The molecule has 3 rings (SSSR count). The van der Waals surface area contributed by atoms with E-state index in [1.165, 1.54) is 5.56 Å². The molecule has 1 aliphatic carbocycles. The van der Waals surface area contributed by atoms with Gasteiger partial charge >= 0.3 is 0 Å². The monoisotopic (exact) mass is 402 g/mol. The van der Waals surface area contributed by atoms with Crippen LogP contribution < -0.4 is 4.74 Å². The molecule has 0 heterocycles. The maximum absolute atomic E-state index is 12.5. The fraction of sp³-hybridized carbons (Fsp3) is 0.478. The Morgan fingerprint density at radius 3 is 2.14 bits per heavy atom. The van der Waals surface area contributed by atoms with E-state index in [0.29, 0.717) is 5.92 Å². The zero-order valence-corrected chi connectivity index (χ0v) is 17.7. The van der Waals surface area contributed by atoms with E-state index in [-0.39, 0.29) is 17.1 Å². The van der Waals surface area contributed by atoms with Crippen LogP contribution >= 0.6 is 0 Å². The largest absolute Gasteiger partial charge is 0.491 e. The summed E-state index contributed by atoms with van der Waals surface area (Å²) in [6.07, 6.45) is 4.32. The molecule has 1 fully saturated rings. The average molecular weight is 403 g/mol. The summed E-state index contributed by atoms with van der Waals surface area (Å²) in [6.45, 7) is 6.11. The molecule has 0 bridgehead atoms. The topological polar surface area (TPSA) is 52.6 Å². The Kier molecular flexibility index (Phi) is 6.78. The van der Waals surface area contributed by atoms with Crippen molar-refractivity contribution in [1.82, 2.24) is 0 Å². The lowest BCUT2D eigenvalue weighted by atomic mass is 9.83. The van der Waals surface area contributed by atoms with Crippen molar-refractivity contribution in [3.05, 3.63) is 59.7 Å². The van der Waals surface area contributed by atoms with Crippen molar-refractivity contribution in [3.8, 4) is 5.75 Å². The average Bonchev–Trinajstić information content (AvgIpc) is 2.69. The van der Waals surface area contributed by atoms with Crippen molar-refractivity contribution in [2.24, 2.45) is 0 Å². The zero-order valence-electron chi connectivity index (χ0n) is 16.9. The molecule has 2 aromatic rings. The standard InChI is InChI=1S/C23H30O4S/c1-4-18(3)26-21-11-7-19(8-12-21)20-9-13-22(14-10-20)27-28(24,25)23-15-5-17(2)6-16-23/h5-8,11-12,15-16,18,20,22H,4,9-10,13-14H2,1-3H3/t18?,20-,22-. The number of benzene rings is 2. The quantitative estimate of drug-likeness (QED) is 0.565. The fourth-order valence-corrected chi connectivity index (χ4v) is 4.70. The Bertz CT molecular complexity index is 848. The lowest BCUT2D eigenvalue weighted by Crippen LogP contribution is -2.24. The molecule has 0 N–H and O–H groups in total. The van der Waals surface area contributed by atoms with Crippen LogP contribution in [-0.2, 0) is 14.3 Å². The smallest absolute Gasteiger partial charge is 0.297 e. The number of hydrogen-bond acceptors (Lipinski definition) is 4. The van der Waals surface area contributed by atoms with E-state index in [9.17, 15) is 8.42 Å². The first-order valence-corrected chi connectivity index (χ1v) is 11.5. The van der Waals surface area contributed by atoms with Crippen molar-refractivity contribution in [2.75, 3.05) is 0 Å². The maximum Gasteiger partial charge on any atom is 0.297 e. The molecule has 0 spiro atoms. The van der Waals surface area contributed by atoms with E-state index >= 15 is 0 Å². The number of aryl methyl sites for hydroxylation is 1. The van der Waals surface area contributed by atoms with Crippen LogP contribution in [0, 0.1) is 6.92 Å². The molecule has 0 aromatic heterocycles. The molecular weight excluding hydrogens is 372 g/mol. The van der Waals surface area contributed by atoms with Crippen LogP contribution in [0.15, 0.2) is 53.4 Å². The molecule has 0 radical (unpaired) electrons. The van der Waals surface area contributed by atoms with Crippen molar-refractivity contribution in [2.45, 2.75) is 75.9 Å². The molecule has 0 saturated heterocycles. The van der Waals surface area contributed by atoms with Gasteiger partial charge in [-0.1, -0.05) is 36.8 Å². The third-order valence-corrected chi connectivity index (χ3v) is 6.89. The summed E-state index contributed by atoms with van der Waals surface area (Å²) >= 11 is 0. The Morgan fingerprint density at radius 2 is 1.57 bits per heavy atom. The van der Waals surface area contributed by atoms with E-state index in [1.807, 2.05) is 19.1 Å². The minimum absolute atomic E-state index is 0.217. The number of ether oxygens (including phenoxy) is 1. The molecule has 5 heteroatoms. The van der Waals surface area contributed by atoms with E-state index < -0.39 is 10.1 Å². The lowest BCUT2D eigenvalue weighted by Gasteiger charge is -2.28. The molecule has 4 nitrogen and oxygen atoms in total. The van der Waals surface area contributed by atoms with Gasteiger partial charge in [0, 0.05) is 0 Å². The van der Waals surface area contributed by atoms with Crippen LogP contribution in [0.3, 0.4) is 0 Å². The molecule has 2 aromatic carbocycles. The summed E-state index contributed by atoms with van der Waals surface area (Å²) in [6, 6.07) is 15.1. The summed E-state index contributed by atoms with van der Waals surface area (Å²) < 4.78 is 36.3. The van der Waals surface area contributed by atoms with Crippen LogP contribution in [0.1, 0.15) is 63.0 Å². The highest BCUT2D eigenvalue weighted by atomic mass is 32.2. The SMILES string of the molecule is CCC(C)Oc1ccc([C@H]2CC[C@H](OS(=O)(=O)c3ccc(C)cc3)CC2)cc1. The lowest BCUT2D eigenvalue weighted by molar-refractivity contribution is 0.153. The van der Waals surface area contributed by atoms with Gasteiger partial charge < -0.3 is 4.74 Å². The number of rotatable bonds is 7. The first-order chi connectivity index (χ1) is 13.4. The van der Waals surface area contributed by atoms with Crippen LogP contribution in [0.5, 0.6) is 5.75 Å². The van der Waals surface area contributed by atoms with Crippen LogP contribution in [0.2, 0.25) is 0 Å². The van der Waals surface area contributed by atoms with Gasteiger partial charge in [0.2, 0.25) is 0 Å². The Morgan fingerprint density at radius 1 is 0.964 bits per heavy atom. The summed E-state index contributed by atoms with van der Waals surface area (Å²) in [5.41, 5.74) is 2.32. The predicted molar refractivity (Wildman–Crippen MR) is 111 cm³/mol. The van der Waals surface area contributed by atoms with Crippen molar-refractivity contribution >= 4 is 10.1 Å². The molecule has 28 heavy (non-hydrogen) atoms. The maximum atomic E-state index is 12.5. The normalized spacial score (nSPS) is 21.2. The first kappa shape index (κ1) is 20.9. The van der Waals surface area contributed by atoms with Crippen LogP contribution in [-0.4, -0.2) is 20.6 Å². The fourth-order valence-electron chi connectivity index (χ4n) is 3.57. The highest BCUT2D eigenvalue weighted by Gasteiger charge is 2.27. The molecule has 0 aliphatic heterocycles. The van der Waals surface area contributed by atoms with Crippen molar-refractivity contribution in [1.29, 1.82) is 0 Å². The molecule has 152 valence electrons. The highest BCUT2D eigenvalue weighted by molar-refractivity contribution is 7.86. The van der Waals surface area contributed by atoms with Gasteiger partial charge in [-0.15, -0.1) is 0 Å². The van der Waals surface area contributed by atoms with Crippen LogP contribution in [0.4, 0.5) is 0 Å². The Labute approximate surface area is 169 Å². The van der Waals surface area contributed by atoms with E-state index in [4.69, 9.17) is 8.92 Å². The third-order valence-electron chi connectivity index (χ3n) is 5.51. The highest BCUT2D eigenvalue weighted by Crippen LogP contribution is 2.35. The van der Waals surface area contributed by atoms with E-state index in [1.54, 1.807) is 24.3 Å². The summed E-state index contributed by atoms with van der Waals surface area (Å²) in [7, 11) is -3.70. The summed E-state index contributed by atoms with van der Waals surface area (Å²) in [5, 5.41) is 0. The third kappa shape index (κ3) is 5.36. The molecule has 1 aliphatic rings. The second kappa shape index (κ2) is 9.10. The van der Waals surface area contributed by atoms with E-state index in [0.717, 1.165) is 43.4 Å². The Hall–Kier alpha value is -1.85. The van der Waals surface area contributed by atoms with Gasteiger partial charge in [0.25, 0.3) is 10.1 Å². The van der Waals surface area contributed by atoms with Gasteiger partial charge in [0.15, 0.2) is 0 Å². The van der Waals surface area contributed by atoms with Gasteiger partial charge in [-0.2, -0.15) is 8.42 Å². The molecule has 1 atom stereocenters. The van der Waals surface area contributed by atoms with Gasteiger partial charge in [-0.25, -0.2) is 0 Å². The predicted octanol–water partition coefficient (Wildman–Crippen LogP) is 5.60. The minimum Gasteiger partial charge on any atom is -0.491 e. The second-order valence-electron chi connectivity index (χ2n) is 7.74. The minimum atomic E-state index is -3.70. The second-order valence-corrected chi connectivity index (χ2v) is 9.31. The van der Waals surface area contributed by atoms with Gasteiger partial charge in [0.05, 0.1) is 17.1 Å². The van der Waals surface area contributed by atoms with E-state index in [2.05, 4.69) is 26.0 Å². The van der Waals surface area contributed by atoms with Crippen LogP contribution in [0.25, 0.3) is 0 Å².